The van der Waals surface area contributed by atoms with E-state index in [9.17, 15) is 0 Å². The van der Waals surface area contributed by atoms with Crippen molar-refractivity contribution in [1.29, 1.82) is 0 Å². The van der Waals surface area contributed by atoms with Gasteiger partial charge in [-0.05, 0) is 53.6 Å². The fraction of sp³-hybridized carbons (Fsp3) is 0.571. The lowest BCUT2D eigenvalue weighted by Gasteiger charge is -2.30. The second kappa shape index (κ2) is 5.94. The van der Waals surface area contributed by atoms with Crippen molar-refractivity contribution in [3.05, 3.63) is 21.8 Å². The Labute approximate surface area is 118 Å². The predicted octanol–water partition coefficient (Wildman–Crippen LogP) is 4.03. The number of nitrogen functional groups attached to an aromatic ring is 1. The second-order valence-electron chi connectivity index (χ2n) is 4.97. The highest BCUT2D eigenvalue weighted by molar-refractivity contribution is 14.1. The van der Waals surface area contributed by atoms with Gasteiger partial charge in [-0.15, -0.1) is 0 Å². The number of rotatable bonds is 2. The fourth-order valence-corrected chi connectivity index (χ4v) is 3.57. The zero-order chi connectivity index (χ0) is 12.3. The minimum atomic E-state index is 0.703. The molecule has 1 aliphatic rings. The second-order valence-corrected chi connectivity index (χ2v) is 6.13. The molecule has 1 saturated carbocycles. The molecule has 1 fully saturated rings. The highest BCUT2D eigenvalue weighted by Crippen LogP contribution is 2.29. The maximum absolute atomic E-state index is 5.81. The summed E-state index contributed by atoms with van der Waals surface area (Å²) in [6, 6.07) is 6.92. The largest absolute Gasteiger partial charge is 0.399 e. The van der Waals surface area contributed by atoms with Gasteiger partial charge in [0.05, 0.1) is 5.69 Å². The van der Waals surface area contributed by atoms with Gasteiger partial charge < -0.3 is 10.6 Å². The van der Waals surface area contributed by atoms with E-state index in [-0.39, 0.29) is 0 Å². The first-order chi connectivity index (χ1) is 8.18. The van der Waals surface area contributed by atoms with Gasteiger partial charge in [0.25, 0.3) is 0 Å². The van der Waals surface area contributed by atoms with Crippen LogP contribution in [0.25, 0.3) is 0 Å². The minimum absolute atomic E-state index is 0.703. The molecule has 0 atom stereocenters. The summed E-state index contributed by atoms with van der Waals surface area (Å²) in [5, 5.41) is 0. The Morgan fingerprint density at radius 1 is 1.18 bits per heavy atom. The summed E-state index contributed by atoms with van der Waals surface area (Å²) in [7, 11) is 2.23. The van der Waals surface area contributed by atoms with E-state index in [1.165, 1.54) is 47.8 Å². The van der Waals surface area contributed by atoms with Crippen LogP contribution in [0.3, 0.4) is 0 Å². The number of hydrogen-bond acceptors (Lipinski definition) is 2. The summed E-state index contributed by atoms with van der Waals surface area (Å²) in [6.45, 7) is 0. The molecule has 0 aliphatic heterocycles. The van der Waals surface area contributed by atoms with Crippen molar-refractivity contribution in [3.63, 3.8) is 0 Å². The van der Waals surface area contributed by atoms with E-state index in [0.29, 0.717) is 6.04 Å². The van der Waals surface area contributed by atoms with Crippen LogP contribution in [0.1, 0.15) is 38.5 Å². The topological polar surface area (TPSA) is 29.3 Å². The molecule has 0 unspecified atom stereocenters. The molecule has 0 spiro atoms. The molecule has 0 bridgehead atoms. The molecule has 0 radical (unpaired) electrons. The number of nitrogens with two attached hydrogens (primary N) is 1. The van der Waals surface area contributed by atoms with Gasteiger partial charge in [0.15, 0.2) is 0 Å². The first-order valence-corrected chi connectivity index (χ1v) is 7.54. The summed E-state index contributed by atoms with van der Waals surface area (Å²) in [5.74, 6) is 0. The summed E-state index contributed by atoms with van der Waals surface area (Å²) < 4.78 is 1.26. The lowest BCUT2D eigenvalue weighted by atomic mass is 10.1. The van der Waals surface area contributed by atoms with Crippen LogP contribution in [-0.4, -0.2) is 13.1 Å². The van der Waals surface area contributed by atoms with Crippen molar-refractivity contribution in [2.24, 2.45) is 0 Å². The van der Waals surface area contributed by atoms with Crippen LogP contribution in [0.2, 0.25) is 0 Å². The molecule has 0 saturated heterocycles. The Morgan fingerprint density at radius 2 is 1.82 bits per heavy atom. The number of benzene rings is 1. The SMILES string of the molecule is CN(c1ccc(N)cc1I)C1CCCCCC1. The molecule has 94 valence electrons. The number of halogens is 1. The van der Waals surface area contributed by atoms with Gasteiger partial charge in [-0.3, -0.25) is 0 Å². The van der Waals surface area contributed by atoms with Crippen LogP contribution < -0.4 is 10.6 Å². The summed E-state index contributed by atoms with van der Waals surface area (Å²) >= 11 is 2.39. The molecular weight excluding hydrogens is 323 g/mol. The van der Waals surface area contributed by atoms with Crippen LogP contribution >= 0.6 is 22.6 Å². The first kappa shape index (κ1) is 13.0. The third-order valence-electron chi connectivity index (χ3n) is 3.72. The van der Waals surface area contributed by atoms with E-state index in [1.54, 1.807) is 0 Å². The lowest BCUT2D eigenvalue weighted by molar-refractivity contribution is 0.552. The summed E-state index contributed by atoms with van der Waals surface area (Å²) in [5.41, 5.74) is 7.99. The van der Waals surface area contributed by atoms with E-state index < -0.39 is 0 Å². The van der Waals surface area contributed by atoms with Crippen LogP contribution in [0, 0.1) is 3.57 Å². The van der Waals surface area contributed by atoms with E-state index in [1.807, 2.05) is 6.07 Å². The molecule has 1 aromatic rings. The van der Waals surface area contributed by atoms with Gasteiger partial charge >= 0.3 is 0 Å². The van der Waals surface area contributed by atoms with Gasteiger partial charge in [0, 0.05) is 22.3 Å². The highest BCUT2D eigenvalue weighted by atomic mass is 127. The minimum Gasteiger partial charge on any atom is -0.399 e. The standard InChI is InChI=1S/C14H21IN2/c1-17(12-6-4-2-3-5-7-12)14-9-8-11(16)10-13(14)15/h8-10,12H,2-7,16H2,1H3. The number of anilines is 2. The van der Waals surface area contributed by atoms with Gasteiger partial charge in [-0.25, -0.2) is 0 Å². The first-order valence-electron chi connectivity index (χ1n) is 6.46. The molecule has 0 heterocycles. The third-order valence-corrected chi connectivity index (χ3v) is 4.59. The fourth-order valence-electron chi connectivity index (χ4n) is 2.65. The van der Waals surface area contributed by atoms with E-state index >= 15 is 0 Å². The summed E-state index contributed by atoms with van der Waals surface area (Å²) in [6.07, 6.45) is 8.22. The Hall–Kier alpha value is -0.450. The van der Waals surface area contributed by atoms with Crippen LogP contribution in [0.15, 0.2) is 18.2 Å². The van der Waals surface area contributed by atoms with Crippen molar-refractivity contribution in [3.8, 4) is 0 Å². The quantitative estimate of drug-likeness (QED) is 0.499. The average Bonchev–Trinajstić information content (AvgIpc) is 2.56. The van der Waals surface area contributed by atoms with Crippen LogP contribution in [0.5, 0.6) is 0 Å². The van der Waals surface area contributed by atoms with Crippen molar-refractivity contribution >= 4 is 34.0 Å². The highest BCUT2D eigenvalue weighted by Gasteiger charge is 2.18. The lowest BCUT2D eigenvalue weighted by Crippen LogP contribution is -2.31. The Bertz CT molecular complexity index is 370. The maximum Gasteiger partial charge on any atom is 0.0503 e. The zero-order valence-corrected chi connectivity index (χ0v) is 12.6. The predicted molar refractivity (Wildman–Crippen MR) is 83.5 cm³/mol. The molecule has 1 aliphatic carbocycles. The number of nitrogens with zero attached hydrogens (tertiary/aromatic N) is 1. The van der Waals surface area contributed by atoms with E-state index in [0.717, 1.165) is 5.69 Å². The molecule has 3 heteroatoms. The van der Waals surface area contributed by atoms with E-state index in [4.69, 9.17) is 5.73 Å². The normalized spacial score (nSPS) is 17.8. The van der Waals surface area contributed by atoms with Gasteiger partial charge in [-0.1, -0.05) is 25.7 Å². The Morgan fingerprint density at radius 3 is 2.41 bits per heavy atom. The molecule has 0 amide bonds. The molecular formula is C14H21IN2. The zero-order valence-electron chi connectivity index (χ0n) is 10.5. The van der Waals surface area contributed by atoms with Crippen molar-refractivity contribution in [2.75, 3.05) is 17.7 Å². The van der Waals surface area contributed by atoms with E-state index in [2.05, 4.69) is 46.7 Å². The molecule has 0 aromatic heterocycles. The molecule has 2 nitrogen and oxygen atoms in total. The summed E-state index contributed by atoms with van der Waals surface area (Å²) in [4.78, 5) is 2.45. The van der Waals surface area contributed by atoms with Crippen LogP contribution in [-0.2, 0) is 0 Å². The van der Waals surface area contributed by atoms with Gasteiger partial charge in [0.1, 0.15) is 0 Å². The smallest absolute Gasteiger partial charge is 0.0503 e. The van der Waals surface area contributed by atoms with Crippen molar-refractivity contribution in [1.82, 2.24) is 0 Å². The van der Waals surface area contributed by atoms with Gasteiger partial charge in [-0.2, -0.15) is 0 Å². The monoisotopic (exact) mass is 344 g/mol. The maximum atomic E-state index is 5.81. The third kappa shape index (κ3) is 3.27. The molecule has 2 rings (SSSR count). The Kier molecular flexibility index (Phi) is 4.54. The molecule has 2 N–H and O–H groups in total. The average molecular weight is 344 g/mol. The molecule has 17 heavy (non-hydrogen) atoms. The van der Waals surface area contributed by atoms with Gasteiger partial charge in [0.2, 0.25) is 0 Å². The van der Waals surface area contributed by atoms with Crippen molar-refractivity contribution < 1.29 is 0 Å². The Balaban J connectivity index is 2.14. The van der Waals surface area contributed by atoms with Crippen molar-refractivity contribution in [2.45, 2.75) is 44.6 Å². The van der Waals surface area contributed by atoms with Crippen LogP contribution in [0.4, 0.5) is 11.4 Å². The number of hydrogen-bond donors (Lipinski definition) is 1. The molecule has 1 aromatic carbocycles.